The van der Waals surface area contributed by atoms with Gasteiger partial charge in [-0.1, -0.05) is 21.6 Å². The Morgan fingerprint density at radius 2 is 1.27 bits per heavy atom. The van der Waals surface area contributed by atoms with Gasteiger partial charge in [0.05, 0.1) is 0 Å². The Kier molecular flexibility index (Phi) is 10.9. The molecule has 0 aromatic carbocycles. The number of carbonyl (C=O) groups is 2. The number of hydrogen-bond donors (Lipinski definition) is 4. The van der Waals surface area contributed by atoms with Gasteiger partial charge in [-0.05, 0) is 0 Å². The first-order chi connectivity index (χ1) is 6.45. The Bertz CT molecular complexity index is 197. The summed E-state index contributed by atoms with van der Waals surface area (Å²) in [4.78, 5) is 20.5. The van der Waals surface area contributed by atoms with Crippen LogP contribution in [-0.2, 0) is 26.7 Å². The van der Waals surface area contributed by atoms with Crippen molar-refractivity contribution in [2.24, 2.45) is 11.5 Å². The van der Waals surface area contributed by atoms with Crippen LogP contribution in [0.15, 0.2) is 0 Å². The van der Waals surface area contributed by atoms with Gasteiger partial charge >= 0.3 is 11.9 Å². The second-order valence-corrected chi connectivity index (χ2v) is 5.01. The van der Waals surface area contributed by atoms with Gasteiger partial charge in [-0.15, -0.1) is 0 Å². The third kappa shape index (κ3) is 9.03. The summed E-state index contributed by atoms with van der Waals surface area (Å²) >= 11 is 0. The Balaban J connectivity index is 0. The summed E-state index contributed by atoms with van der Waals surface area (Å²) < 4.78 is 0. The maximum absolute atomic E-state index is 10.3. The summed E-state index contributed by atoms with van der Waals surface area (Å²) in [6, 6.07) is -1.85. The third-order valence-corrected chi connectivity index (χ3v) is 3.69. The largest absolute Gasteiger partial charge is 0.480 e. The van der Waals surface area contributed by atoms with Gasteiger partial charge in [0, 0.05) is 28.6 Å². The van der Waals surface area contributed by atoms with E-state index in [0.717, 1.165) is 0 Å². The topological polar surface area (TPSA) is 127 Å². The van der Waals surface area contributed by atoms with E-state index < -0.39 is 24.0 Å². The molecule has 0 heterocycles. The van der Waals surface area contributed by atoms with E-state index in [1.165, 1.54) is 21.6 Å². The summed E-state index contributed by atoms with van der Waals surface area (Å²) in [7, 11) is 2.41. The molecule has 0 spiro atoms. The smallest absolute Gasteiger partial charge is 0.321 e. The van der Waals surface area contributed by atoms with Crippen LogP contribution in [0.2, 0.25) is 0 Å². The molecular weight excluding hydrogens is 292 g/mol. The molecule has 6 N–H and O–H groups in total. The Morgan fingerprint density at radius 1 is 1.00 bits per heavy atom. The molecule has 2 unspecified atom stereocenters. The number of hydrogen-bond acceptors (Lipinski definition) is 6. The van der Waals surface area contributed by atoms with Crippen LogP contribution in [0, 0.1) is 0 Å². The number of nitrogens with two attached hydrogens (primary N) is 2. The van der Waals surface area contributed by atoms with Crippen molar-refractivity contribution in [1.29, 1.82) is 0 Å². The SMILES string of the molecule is NC(CSSCC(N)C(=O)O)C(=O)O.[Cu]. The van der Waals surface area contributed by atoms with Gasteiger partial charge in [-0.2, -0.15) is 0 Å². The molecule has 1 radical (unpaired) electrons. The van der Waals surface area contributed by atoms with Crippen molar-refractivity contribution in [3.8, 4) is 0 Å². The molecule has 93 valence electrons. The summed E-state index contributed by atoms with van der Waals surface area (Å²) in [5.74, 6) is -1.68. The maximum Gasteiger partial charge on any atom is 0.321 e. The van der Waals surface area contributed by atoms with Crippen molar-refractivity contribution in [3.63, 3.8) is 0 Å². The number of rotatable bonds is 7. The van der Waals surface area contributed by atoms with Gasteiger partial charge in [0.25, 0.3) is 0 Å². The van der Waals surface area contributed by atoms with Gasteiger partial charge in [-0.3, -0.25) is 9.59 Å². The van der Waals surface area contributed by atoms with Crippen LogP contribution in [0.4, 0.5) is 0 Å². The van der Waals surface area contributed by atoms with Gasteiger partial charge < -0.3 is 21.7 Å². The standard InChI is InChI=1S/C6H12N2O4S2.Cu/c7-3(5(9)10)1-13-14-2-4(8)6(11)12;/h3-4H,1-2,7-8H2,(H,9,10)(H,11,12);. The third-order valence-electron chi connectivity index (χ3n) is 1.21. The zero-order chi connectivity index (χ0) is 11.1. The molecular formula is C6H12CuN2O4S2. The van der Waals surface area contributed by atoms with Crippen molar-refractivity contribution in [3.05, 3.63) is 0 Å². The molecule has 15 heavy (non-hydrogen) atoms. The van der Waals surface area contributed by atoms with Crippen LogP contribution >= 0.6 is 21.6 Å². The molecule has 0 aromatic heterocycles. The number of carboxylic acids is 2. The van der Waals surface area contributed by atoms with E-state index in [4.69, 9.17) is 21.7 Å². The van der Waals surface area contributed by atoms with Crippen LogP contribution < -0.4 is 11.5 Å². The molecule has 0 bridgehead atoms. The van der Waals surface area contributed by atoms with E-state index in [9.17, 15) is 9.59 Å². The molecule has 0 saturated heterocycles. The normalized spacial score (nSPS) is 13.7. The zero-order valence-corrected chi connectivity index (χ0v) is 10.1. The summed E-state index contributed by atoms with van der Waals surface area (Å²) in [6.07, 6.45) is 0. The molecule has 0 amide bonds. The van der Waals surface area contributed by atoms with Crippen molar-refractivity contribution >= 4 is 33.5 Å². The van der Waals surface area contributed by atoms with Gasteiger partial charge in [0.1, 0.15) is 12.1 Å². The first-order valence-electron chi connectivity index (χ1n) is 3.66. The predicted molar refractivity (Wildman–Crippen MR) is 56.1 cm³/mol. The first-order valence-corrected chi connectivity index (χ1v) is 6.15. The molecule has 0 aliphatic carbocycles. The van der Waals surface area contributed by atoms with E-state index in [0.29, 0.717) is 0 Å². The van der Waals surface area contributed by atoms with Crippen LogP contribution in [0.3, 0.4) is 0 Å². The average Bonchev–Trinajstić information content (AvgIpc) is 2.11. The summed E-state index contributed by atoms with van der Waals surface area (Å²) in [5, 5.41) is 16.8. The molecule has 6 nitrogen and oxygen atoms in total. The molecule has 0 saturated carbocycles. The quantitative estimate of drug-likeness (QED) is 0.273. The predicted octanol–water partition coefficient (Wildman–Crippen LogP) is -0.811. The van der Waals surface area contributed by atoms with Crippen LogP contribution in [0.5, 0.6) is 0 Å². The first kappa shape index (κ1) is 17.5. The number of aliphatic carboxylic acids is 2. The van der Waals surface area contributed by atoms with Crippen molar-refractivity contribution in [2.75, 3.05) is 11.5 Å². The Morgan fingerprint density at radius 3 is 1.47 bits per heavy atom. The Labute approximate surface area is 105 Å². The second-order valence-electron chi connectivity index (χ2n) is 2.46. The fourth-order valence-electron chi connectivity index (χ4n) is 0.385. The van der Waals surface area contributed by atoms with Crippen molar-refractivity contribution < 1.29 is 36.9 Å². The molecule has 9 heteroatoms. The van der Waals surface area contributed by atoms with E-state index in [1.807, 2.05) is 0 Å². The van der Waals surface area contributed by atoms with Crippen molar-refractivity contribution in [1.82, 2.24) is 0 Å². The van der Waals surface area contributed by atoms with Crippen molar-refractivity contribution in [2.45, 2.75) is 12.1 Å². The molecule has 0 aliphatic heterocycles. The Hall–Kier alpha value is 0.0795. The average molecular weight is 304 g/mol. The van der Waals surface area contributed by atoms with E-state index in [2.05, 4.69) is 0 Å². The monoisotopic (exact) mass is 303 g/mol. The molecule has 0 rings (SSSR count). The van der Waals surface area contributed by atoms with Crippen LogP contribution in [0.25, 0.3) is 0 Å². The molecule has 0 aliphatic rings. The molecule has 0 aromatic rings. The molecule has 0 fully saturated rings. The number of carboxylic acid groups (broad SMARTS) is 2. The summed E-state index contributed by atoms with van der Waals surface area (Å²) in [6.45, 7) is 0. The van der Waals surface area contributed by atoms with E-state index >= 15 is 0 Å². The minimum atomic E-state index is -1.07. The van der Waals surface area contributed by atoms with Crippen LogP contribution in [0.1, 0.15) is 0 Å². The van der Waals surface area contributed by atoms with E-state index in [1.54, 1.807) is 0 Å². The zero-order valence-electron chi connectivity index (χ0n) is 7.55. The maximum atomic E-state index is 10.3. The van der Waals surface area contributed by atoms with Gasteiger partial charge in [0.2, 0.25) is 0 Å². The molecule has 2 atom stereocenters. The fraction of sp³-hybridized carbons (Fsp3) is 0.667. The van der Waals surface area contributed by atoms with E-state index in [-0.39, 0.29) is 28.6 Å². The minimum Gasteiger partial charge on any atom is -0.480 e. The van der Waals surface area contributed by atoms with Gasteiger partial charge in [-0.25, -0.2) is 0 Å². The fourth-order valence-corrected chi connectivity index (χ4v) is 2.61. The van der Waals surface area contributed by atoms with Gasteiger partial charge in [0.15, 0.2) is 0 Å². The minimum absolute atomic E-state index is 0. The van der Waals surface area contributed by atoms with Crippen LogP contribution in [-0.4, -0.2) is 45.7 Å². The summed E-state index contributed by atoms with van der Waals surface area (Å²) in [5.41, 5.74) is 10.4. The second kappa shape index (κ2) is 9.32.